The summed E-state index contributed by atoms with van der Waals surface area (Å²) in [6.07, 6.45) is 0. The van der Waals surface area contributed by atoms with E-state index in [1.807, 2.05) is 12.1 Å². The molecule has 0 aliphatic carbocycles. The van der Waals surface area contributed by atoms with E-state index in [9.17, 15) is 4.79 Å². The molecule has 0 fully saturated rings. The van der Waals surface area contributed by atoms with Crippen molar-refractivity contribution in [2.45, 2.75) is 0 Å². The Morgan fingerprint density at radius 2 is 2.06 bits per heavy atom. The molecule has 0 N–H and O–H groups in total. The van der Waals surface area contributed by atoms with Crippen molar-refractivity contribution >= 4 is 43.3 Å². The normalized spacial score (nSPS) is 10.4. The van der Waals surface area contributed by atoms with Crippen LogP contribution < -0.4 is 4.74 Å². The maximum atomic E-state index is 11.4. The van der Waals surface area contributed by atoms with E-state index in [2.05, 4.69) is 20.7 Å². The molecule has 2 aromatic rings. The standard InChI is InChI=1S/C11H9BrO3S/c1-14-7-3-6-4-9(11(13)15-2)16-10(6)8(12)5-7/h3-5H,1-2H3. The van der Waals surface area contributed by atoms with Gasteiger partial charge in [0, 0.05) is 9.17 Å². The van der Waals surface area contributed by atoms with Gasteiger partial charge in [-0.1, -0.05) is 0 Å². The van der Waals surface area contributed by atoms with Gasteiger partial charge in [0.25, 0.3) is 0 Å². The number of carbonyl (C=O) groups excluding carboxylic acids is 1. The molecule has 0 spiro atoms. The summed E-state index contributed by atoms with van der Waals surface area (Å²) in [6.45, 7) is 0. The first-order valence-electron chi connectivity index (χ1n) is 4.51. The van der Waals surface area contributed by atoms with Gasteiger partial charge in [0.1, 0.15) is 10.6 Å². The predicted molar refractivity (Wildman–Crippen MR) is 67.4 cm³/mol. The molecule has 0 amide bonds. The molecule has 0 radical (unpaired) electrons. The number of benzene rings is 1. The van der Waals surface area contributed by atoms with Crippen molar-refractivity contribution in [2.75, 3.05) is 14.2 Å². The molecule has 84 valence electrons. The molecular weight excluding hydrogens is 292 g/mol. The van der Waals surface area contributed by atoms with Crippen LogP contribution in [-0.4, -0.2) is 20.2 Å². The van der Waals surface area contributed by atoms with Gasteiger partial charge in [0.2, 0.25) is 0 Å². The number of carbonyl (C=O) groups is 1. The van der Waals surface area contributed by atoms with Gasteiger partial charge in [-0.3, -0.25) is 0 Å². The van der Waals surface area contributed by atoms with E-state index in [0.717, 1.165) is 20.3 Å². The van der Waals surface area contributed by atoms with Crippen molar-refractivity contribution in [1.29, 1.82) is 0 Å². The smallest absolute Gasteiger partial charge is 0.348 e. The third-order valence-electron chi connectivity index (χ3n) is 2.17. The lowest BCUT2D eigenvalue weighted by Crippen LogP contribution is -1.96. The molecular formula is C11H9BrO3S. The number of methoxy groups -OCH3 is 2. The molecule has 1 aromatic heterocycles. The Bertz CT molecular complexity index is 547. The topological polar surface area (TPSA) is 35.5 Å². The molecule has 0 aliphatic rings. The maximum Gasteiger partial charge on any atom is 0.348 e. The van der Waals surface area contributed by atoms with E-state index in [1.54, 1.807) is 13.2 Å². The van der Waals surface area contributed by atoms with Crippen molar-refractivity contribution in [3.8, 4) is 5.75 Å². The Hall–Kier alpha value is -1.07. The Morgan fingerprint density at radius 3 is 2.69 bits per heavy atom. The fraction of sp³-hybridized carbons (Fsp3) is 0.182. The van der Waals surface area contributed by atoms with Crippen LogP contribution in [0.15, 0.2) is 22.7 Å². The lowest BCUT2D eigenvalue weighted by molar-refractivity contribution is 0.0606. The van der Waals surface area contributed by atoms with E-state index in [1.165, 1.54) is 18.4 Å². The fourth-order valence-corrected chi connectivity index (χ4v) is 3.07. The van der Waals surface area contributed by atoms with E-state index in [0.29, 0.717) is 4.88 Å². The number of rotatable bonds is 2. The number of halogens is 1. The second-order valence-corrected chi connectivity index (χ2v) is 5.04. The molecule has 2 rings (SSSR count). The first kappa shape index (κ1) is 11.4. The first-order chi connectivity index (χ1) is 7.65. The number of thiophene rings is 1. The van der Waals surface area contributed by atoms with Gasteiger partial charge in [-0.05, 0) is 39.5 Å². The summed E-state index contributed by atoms with van der Waals surface area (Å²) in [7, 11) is 2.99. The molecule has 0 saturated carbocycles. The lowest BCUT2D eigenvalue weighted by atomic mass is 10.2. The van der Waals surface area contributed by atoms with Gasteiger partial charge in [-0.2, -0.15) is 0 Å². The molecule has 1 aromatic carbocycles. The Morgan fingerprint density at radius 1 is 1.31 bits per heavy atom. The molecule has 0 unspecified atom stereocenters. The second-order valence-electron chi connectivity index (χ2n) is 3.13. The Kier molecular flexibility index (Phi) is 3.16. The predicted octanol–water partition coefficient (Wildman–Crippen LogP) is 3.46. The molecule has 3 nitrogen and oxygen atoms in total. The van der Waals surface area contributed by atoms with Crippen LogP contribution in [0.4, 0.5) is 0 Å². The Balaban J connectivity index is 2.61. The molecule has 0 saturated heterocycles. The summed E-state index contributed by atoms with van der Waals surface area (Å²) in [5.74, 6) is 0.445. The summed E-state index contributed by atoms with van der Waals surface area (Å²) in [5, 5.41) is 0.969. The van der Waals surface area contributed by atoms with Gasteiger partial charge >= 0.3 is 5.97 Å². The zero-order valence-electron chi connectivity index (χ0n) is 8.74. The molecule has 0 atom stereocenters. The van der Waals surface area contributed by atoms with E-state index < -0.39 is 0 Å². The van der Waals surface area contributed by atoms with E-state index in [4.69, 9.17) is 4.74 Å². The quantitative estimate of drug-likeness (QED) is 0.797. The average molecular weight is 301 g/mol. The van der Waals surface area contributed by atoms with Crippen LogP contribution in [0.2, 0.25) is 0 Å². The van der Waals surface area contributed by atoms with Crippen LogP contribution in [0.3, 0.4) is 0 Å². The molecule has 0 bridgehead atoms. The number of hydrogen-bond acceptors (Lipinski definition) is 4. The minimum Gasteiger partial charge on any atom is -0.497 e. The highest BCUT2D eigenvalue weighted by Crippen LogP contribution is 2.35. The van der Waals surface area contributed by atoms with Gasteiger partial charge in [0.05, 0.1) is 14.2 Å². The van der Waals surface area contributed by atoms with Crippen molar-refractivity contribution in [1.82, 2.24) is 0 Å². The minimum absolute atomic E-state index is 0.313. The van der Waals surface area contributed by atoms with Crippen LogP contribution in [0.5, 0.6) is 5.75 Å². The van der Waals surface area contributed by atoms with Crippen LogP contribution in [0, 0.1) is 0 Å². The van der Waals surface area contributed by atoms with Crippen LogP contribution in [-0.2, 0) is 4.74 Å². The van der Waals surface area contributed by atoms with Crippen molar-refractivity contribution in [3.63, 3.8) is 0 Å². The number of fused-ring (bicyclic) bond motifs is 1. The largest absolute Gasteiger partial charge is 0.497 e. The zero-order valence-corrected chi connectivity index (χ0v) is 11.1. The molecule has 0 aliphatic heterocycles. The highest BCUT2D eigenvalue weighted by Gasteiger charge is 2.13. The molecule has 16 heavy (non-hydrogen) atoms. The lowest BCUT2D eigenvalue weighted by Gasteiger charge is -2.00. The molecule has 1 heterocycles. The highest BCUT2D eigenvalue weighted by molar-refractivity contribution is 9.10. The fourth-order valence-electron chi connectivity index (χ4n) is 1.40. The van der Waals surface area contributed by atoms with Crippen molar-refractivity contribution in [3.05, 3.63) is 27.5 Å². The van der Waals surface area contributed by atoms with Crippen LogP contribution in [0.25, 0.3) is 10.1 Å². The monoisotopic (exact) mass is 300 g/mol. The summed E-state index contributed by atoms with van der Waals surface area (Å²) >= 11 is 4.85. The molecule has 5 heteroatoms. The number of esters is 1. The summed E-state index contributed by atoms with van der Waals surface area (Å²) in [4.78, 5) is 12.0. The third kappa shape index (κ3) is 1.92. The highest BCUT2D eigenvalue weighted by atomic mass is 79.9. The van der Waals surface area contributed by atoms with Crippen LogP contribution in [0.1, 0.15) is 9.67 Å². The number of ether oxygens (including phenoxy) is 2. The Labute approximate surface area is 105 Å². The van der Waals surface area contributed by atoms with E-state index in [-0.39, 0.29) is 5.97 Å². The van der Waals surface area contributed by atoms with Gasteiger partial charge in [-0.15, -0.1) is 11.3 Å². The average Bonchev–Trinajstić information content (AvgIpc) is 2.72. The third-order valence-corrected chi connectivity index (χ3v) is 4.22. The first-order valence-corrected chi connectivity index (χ1v) is 6.12. The van der Waals surface area contributed by atoms with Gasteiger partial charge in [-0.25, -0.2) is 4.79 Å². The van der Waals surface area contributed by atoms with Gasteiger partial charge in [0.15, 0.2) is 0 Å². The summed E-state index contributed by atoms with van der Waals surface area (Å²) in [5.41, 5.74) is 0. The van der Waals surface area contributed by atoms with Gasteiger partial charge < -0.3 is 9.47 Å². The van der Waals surface area contributed by atoms with Crippen molar-refractivity contribution < 1.29 is 14.3 Å². The maximum absolute atomic E-state index is 11.4. The minimum atomic E-state index is -0.313. The van der Waals surface area contributed by atoms with Crippen molar-refractivity contribution in [2.24, 2.45) is 0 Å². The van der Waals surface area contributed by atoms with E-state index >= 15 is 0 Å². The number of hydrogen-bond donors (Lipinski definition) is 0. The summed E-state index contributed by atoms with van der Waals surface area (Å²) < 4.78 is 11.8. The summed E-state index contributed by atoms with van der Waals surface area (Å²) in [6, 6.07) is 5.57. The van der Waals surface area contributed by atoms with Crippen LogP contribution >= 0.6 is 27.3 Å². The second kappa shape index (κ2) is 4.43. The SMILES string of the molecule is COC(=O)c1cc2cc(OC)cc(Br)c2s1. The zero-order chi connectivity index (χ0) is 11.7.